The van der Waals surface area contributed by atoms with E-state index in [0.29, 0.717) is 24.6 Å². The average molecular weight is 401 g/mol. The second-order valence-corrected chi connectivity index (χ2v) is 6.51. The Morgan fingerprint density at radius 3 is 2.67 bits per heavy atom. The molecule has 0 saturated heterocycles. The number of carbonyl (C=O) groups excluding carboxylic acids is 1. The number of nitrogens with zero attached hydrogens (tertiary/aromatic N) is 5. The van der Waals surface area contributed by atoms with E-state index >= 15 is 0 Å². The average Bonchev–Trinajstić information content (AvgIpc) is 3.30. The molecule has 0 radical (unpaired) electrons. The zero-order valence-electron chi connectivity index (χ0n) is 16.0. The molecule has 0 aliphatic heterocycles. The number of anilines is 1. The SMILES string of the molecule is O=C(NCc1ccnc(-n2cccn2)c1)Nc1cccc(Cn2cccnc2=O)c1. The molecule has 4 rings (SSSR count). The van der Waals surface area contributed by atoms with Crippen LogP contribution in [0.2, 0.25) is 0 Å². The molecule has 0 spiro atoms. The fourth-order valence-electron chi connectivity index (χ4n) is 2.91. The van der Waals surface area contributed by atoms with Gasteiger partial charge in [0.25, 0.3) is 0 Å². The quantitative estimate of drug-likeness (QED) is 0.515. The van der Waals surface area contributed by atoms with Gasteiger partial charge in [-0.1, -0.05) is 12.1 Å². The van der Waals surface area contributed by atoms with Crippen LogP contribution in [-0.2, 0) is 13.1 Å². The van der Waals surface area contributed by atoms with E-state index in [1.807, 2.05) is 36.4 Å². The fraction of sp³-hybridized carbons (Fsp3) is 0.0952. The normalized spacial score (nSPS) is 10.5. The lowest BCUT2D eigenvalue weighted by molar-refractivity contribution is 0.251. The number of rotatable bonds is 6. The van der Waals surface area contributed by atoms with Crippen LogP contribution in [0.1, 0.15) is 11.1 Å². The van der Waals surface area contributed by atoms with Gasteiger partial charge in [-0.2, -0.15) is 5.10 Å². The Kier molecular flexibility index (Phi) is 5.61. The molecule has 0 saturated carbocycles. The van der Waals surface area contributed by atoms with Gasteiger partial charge in [0.1, 0.15) is 0 Å². The Bertz CT molecular complexity index is 1200. The van der Waals surface area contributed by atoms with Crippen LogP contribution in [0.3, 0.4) is 0 Å². The van der Waals surface area contributed by atoms with Crippen molar-refractivity contribution in [2.75, 3.05) is 5.32 Å². The minimum atomic E-state index is -0.330. The van der Waals surface area contributed by atoms with Crippen LogP contribution < -0.4 is 16.3 Å². The molecule has 0 fully saturated rings. The third kappa shape index (κ3) is 4.76. The molecule has 0 aliphatic carbocycles. The molecule has 2 amide bonds. The van der Waals surface area contributed by atoms with Gasteiger partial charge in [-0.3, -0.25) is 4.57 Å². The summed E-state index contributed by atoms with van der Waals surface area (Å²) in [5.74, 6) is 0.679. The van der Waals surface area contributed by atoms with Gasteiger partial charge >= 0.3 is 11.7 Å². The molecule has 4 aromatic rings. The van der Waals surface area contributed by atoms with E-state index < -0.39 is 0 Å². The van der Waals surface area contributed by atoms with Crippen molar-refractivity contribution < 1.29 is 4.79 Å². The number of carbonyl (C=O) groups is 1. The van der Waals surface area contributed by atoms with Crippen molar-refractivity contribution in [1.29, 1.82) is 0 Å². The van der Waals surface area contributed by atoms with Crippen molar-refractivity contribution in [3.63, 3.8) is 0 Å². The maximum Gasteiger partial charge on any atom is 0.347 e. The van der Waals surface area contributed by atoms with Crippen molar-refractivity contribution >= 4 is 11.7 Å². The van der Waals surface area contributed by atoms with Crippen LogP contribution >= 0.6 is 0 Å². The summed E-state index contributed by atoms with van der Waals surface area (Å²) in [5.41, 5.74) is 2.09. The van der Waals surface area contributed by atoms with Crippen LogP contribution in [0.5, 0.6) is 0 Å². The second-order valence-electron chi connectivity index (χ2n) is 6.51. The topological polar surface area (TPSA) is 107 Å². The number of nitrogens with one attached hydrogen (secondary N) is 2. The van der Waals surface area contributed by atoms with E-state index in [4.69, 9.17) is 0 Å². The zero-order valence-corrected chi connectivity index (χ0v) is 16.0. The number of urea groups is 1. The van der Waals surface area contributed by atoms with E-state index in [9.17, 15) is 9.59 Å². The van der Waals surface area contributed by atoms with E-state index in [-0.39, 0.29) is 11.7 Å². The van der Waals surface area contributed by atoms with Crippen molar-refractivity contribution in [3.05, 3.63) is 101 Å². The van der Waals surface area contributed by atoms with Crippen LogP contribution in [0.15, 0.2) is 84.3 Å². The largest absolute Gasteiger partial charge is 0.347 e. The highest BCUT2D eigenvalue weighted by Crippen LogP contribution is 2.12. The Morgan fingerprint density at radius 2 is 1.83 bits per heavy atom. The van der Waals surface area contributed by atoms with Crippen molar-refractivity contribution in [1.82, 2.24) is 29.6 Å². The third-order valence-corrected chi connectivity index (χ3v) is 4.32. The van der Waals surface area contributed by atoms with Crippen molar-refractivity contribution in [2.24, 2.45) is 0 Å². The van der Waals surface area contributed by atoms with Crippen LogP contribution in [0.25, 0.3) is 5.82 Å². The van der Waals surface area contributed by atoms with Crippen molar-refractivity contribution in [3.8, 4) is 5.82 Å². The lowest BCUT2D eigenvalue weighted by Gasteiger charge is -2.10. The maximum absolute atomic E-state index is 12.3. The molecule has 3 heterocycles. The highest BCUT2D eigenvalue weighted by atomic mass is 16.2. The zero-order chi connectivity index (χ0) is 20.8. The predicted octanol–water partition coefficient (Wildman–Crippen LogP) is 2.19. The summed E-state index contributed by atoms with van der Waals surface area (Å²) in [7, 11) is 0. The Labute approximate surface area is 172 Å². The first kappa shape index (κ1) is 19.1. The molecule has 9 nitrogen and oxygen atoms in total. The molecule has 0 atom stereocenters. The standard InChI is InChI=1S/C21H19N7O2/c29-20(24-14-16-6-9-22-19(13-16)28-11-3-8-25-28)26-18-5-1-4-17(12-18)15-27-10-2-7-23-21(27)30/h1-13H,14-15H2,(H2,24,26,29). The third-order valence-electron chi connectivity index (χ3n) is 4.32. The van der Waals surface area contributed by atoms with Gasteiger partial charge in [-0.05, 0) is 47.5 Å². The highest BCUT2D eigenvalue weighted by molar-refractivity contribution is 5.89. The molecule has 9 heteroatoms. The van der Waals surface area contributed by atoms with Gasteiger partial charge in [0.2, 0.25) is 0 Å². The first-order valence-corrected chi connectivity index (χ1v) is 9.27. The summed E-state index contributed by atoms with van der Waals surface area (Å²) >= 11 is 0. The molecular weight excluding hydrogens is 382 g/mol. The lowest BCUT2D eigenvalue weighted by atomic mass is 10.2. The van der Waals surface area contributed by atoms with Gasteiger partial charge < -0.3 is 10.6 Å². The maximum atomic E-state index is 12.3. The van der Waals surface area contributed by atoms with Gasteiger partial charge in [0.05, 0.1) is 6.54 Å². The van der Waals surface area contributed by atoms with Crippen molar-refractivity contribution in [2.45, 2.75) is 13.1 Å². The van der Waals surface area contributed by atoms with E-state index in [2.05, 4.69) is 25.7 Å². The molecule has 30 heavy (non-hydrogen) atoms. The van der Waals surface area contributed by atoms with Gasteiger partial charge in [-0.25, -0.2) is 24.2 Å². The van der Waals surface area contributed by atoms with E-state index in [0.717, 1.165) is 11.1 Å². The molecule has 0 bridgehead atoms. The second kappa shape index (κ2) is 8.82. The highest BCUT2D eigenvalue weighted by Gasteiger charge is 2.05. The summed E-state index contributed by atoms with van der Waals surface area (Å²) in [5, 5.41) is 9.79. The van der Waals surface area contributed by atoms with Gasteiger partial charge in [-0.15, -0.1) is 0 Å². The summed E-state index contributed by atoms with van der Waals surface area (Å²) in [6, 6.07) is 14.2. The first-order valence-electron chi connectivity index (χ1n) is 9.27. The summed E-state index contributed by atoms with van der Waals surface area (Å²) in [6.45, 7) is 0.713. The molecule has 3 aromatic heterocycles. The van der Waals surface area contributed by atoms with Crippen LogP contribution in [0.4, 0.5) is 10.5 Å². The first-order chi connectivity index (χ1) is 14.7. The number of pyridine rings is 1. The molecule has 2 N–H and O–H groups in total. The minimum absolute atomic E-state index is 0.319. The van der Waals surface area contributed by atoms with Crippen LogP contribution in [0, 0.1) is 0 Å². The fourth-order valence-corrected chi connectivity index (χ4v) is 2.91. The number of amides is 2. The van der Waals surface area contributed by atoms with E-state index in [1.165, 1.54) is 10.8 Å². The van der Waals surface area contributed by atoms with Gasteiger partial charge in [0, 0.05) is 43.2 Å². The molecular formula is C21H19N7O2. The number of hydrogen-bond donors (Lipinski definition) is 2. The monoisotopic (exact) mass is 401 g/mol. The predicted molar refractivity (Wildman–Crippen MR) is 111 cm³/mol. The lowest BCUT2D eigenvalue weighted by Crippen LogP contribution is -2.28. The number of benzene rings is 1. The number of aromatic nitrogens is 5. The Balaban J connectivity index is 1.36. The Hall–Kier alpha value is -4.27. The summed E-state index contributed by atoms with van der Waals surface area (Å²) in [4.78, 5) is 32.1. The van der Waals surface area contributed by atoms with E-state index in [1.54, 1.807) is 41.6 Å². The summed E-state index contributed by atoms with van der Waals surface area (Å²) in [6.07, 6.45) is 8.30. The smallest absolute Gasteiger partial charge is 0.334 e. The number of hydrogen-bond acceptors (Lipinski definition) is 5. The van der Waals surface area contributed by atoms with Crippen LogP contribution in [-0.4, -0.2) is 30.3 Å². The summed E-state index contributed by atoms with van der Waals surface area (Å²) < 4.78 is 3.16. The minimum Gasteiger partial charge on any atom is -0.334 e. The molecule has 1 aromatic carbocycles. The van der Waals surface area contributed by atoms with Gasteiger partial charge in [0.15, 0.2) is 5.82 Å². The molecule has 0 aliphatic rings. The molecule has 0 unspecified atom stereocenters. The Morgan fingerprint density at radius 1 is 0.933 bits per heavy atom. The molecule has 150 valence electrons.